The Hall–Kier alpha value is -3.05. The predicted molar refractivity (Wildman–Crippen MR) is 125 cm³/mol. The third-order valence-corrected chi connectivity index (χ3v) is 6.35. The van der Waals surface area contributed by atoms with E-state index in [9.17, 15) is 27.5 Å². The van der Waals surface area contributed by atoms with E-state index < -0.39 is 41.9 Å². The molecule has 1 saturated carbocycles. The van der Waals surface area contributed by atoms with Gasteiger partial charge in [-0.15, -0.1) is 0 Å². The van der Waals surface area contributed by atoms with Crippen molar-refractivity contribution in [2.75, 3.05) is 5.73 Å². The van der Waals surface area contributed by atoms with Gasteiger partial charge in [0.2, 0.25) is 0 Å². The lowest BCUT2D eigenvalue weighted by Crippen LogP contribution is -2.39. The molecule has 35 heavy (non-hydrogen) atoms. The minimum Gasteiger partial charge on any atom is -0.387 e. The number of aromatic nitrogens is 2. The number of anilines is 1. The number of hydrogen-bond donors (Lipinski definition) is 3. The van der Waals surface area contributed by atoms with Crippen LogP contribution in [0.4, 0.5) is 23.4 Å². The van der Waals surface area contributed by atoms with Gasteiger partial charge in [-0.1, -0.05) is 22.0 Å². The molecule has 1 aliphatic rings. The normalized spacial score (nSPS) is 19.4. The highest BCUT2D eigenvalue weighted by atomic mass is 79.9. The average Bonchev–Trinajstić information content (AvgIpc) is 2.79. The van der Waals surface area contributed by atoms with Crippen LogP contribution in [0.15, 0.2) is 47.1 Å². The van der Waals surface area contributed by atoms with Gasteiger partial charge in [-0.25, -0.2) is 27.5 Å². The number of amides is 1. The summed E-state index contributed by atoms with van der Waals surface area (Å²) < 4.78 is 56.8. The van der Waals surface area contributed by atoms with Gasteiger partial charge in [-0.05, 0) is 48.7 Å². The fraction of sp³-hybridized carbons (Fsp3) is 0.292. The number of carbonyl (C=O) groups excluding carboxylic acids is 1. The Balaban J connectivity index is 1.53. The quantitative estimate of drug-likeness (QED) is 0.388. The van der Waals surface area contributed by atoms with Crippen LogP contribution in [-0.4, -0.2) is 33.0 Å². The van der Waals surface area contributed by atoms with Gasteiger partial charge < -0.3 is 16.2 Å². The first-order valence-electron chi connectivity index (χ1n) is 10.7. The molecule has 0 unspecified atom stereocenters. The molecule has 184 valence electrons. The summed E-state index contributed by atoms with van der Waals surface area (Å²) in [6, 6.07) is 7.90. The van der Waals surface area contributed by atoms with Crippen molar-refractivity contribution >= 4 is 27.7 Å². The van der Waals surface area contributed by atoms with E-state index in [4.69, 9.17) is 5.73 Å². The highest BCUT2D eigenvalue weighted by Crippen LogP contribution is 2.42. The number of nitrogens with one attached hydrogen (secondary N) is 1. The second-order valence-electron chi connectivity index (χ2n) is 8.44. The molecule has 0 aliphatic heterocycles. The van der Waals surface area contributed by atoms with E-state index in [1.165, 1.54) is 30.5 Å². The van der Waals surface area contributed by atoms with Crippen molar-refractivity contribution < 1.29 is 27.5 Å². The molecule has 4 rings (SSSR count). The molecule has 2 atom stereocenters. The Morgan fingerprint density at radius 2 is 1.97 bits per heavy atom. The van der Waals surface area contributed by atoms with Crippen LogP contribution >= 0.6 is 15.9 Å². The SMILES string of the molecule is Nc1ncc([C@H]2CC[C@H](O)C(F)(F)C2)nc1-c1ccc(C(=O)NCc2cc(F)cc(Br)c2)c(F)c1. The van der Waals surface area contributed by atoms with Gasteiger partial charge in [0, 0.05) is 28.9 Å². The summed E-state index contributed by atoms with van der Waals surface area (Å²) in [5.41, 5.74) is 6.76. The first-order chi connectivity index (χ1) is 16.5. The fourth-order valence-corrected chi connectivity index (χ4v) is 4.56. The van der Waals surface area contributed by atoms with E-state index >= 15 is 0 Å². The molecule has 2 aromatic carbocycles. The van der Waals surface area contributed by atoms with Gasteiger partial charge >= 0.3 is 0 Å². The number of benzene rings is 2. The zero-order chi connectivity index (χ0) is 25.3. The molecule has 1 aliphatic carbocycles. The molecule has 6 nitrogen and oxygen atoms in total. The Labute approximate surface area is 206 Å². The lowest BCUT2D eigenvalue weighted by molar-refractivity contribution is -0.136. The monoisotopic (exact) mass is 552 g/mol. The number of alkyl halides is 2. The molecular weight excluding hydrogens is 532 g/mol. The van der Waals surface area contributed by atoms with Crippen LogP contribution in [0.5, 0.6) is 0 Å². The second-order valence-corrected chi connectivity index (χ2v) is 9.35. The summed E-state index contributed by atoms with van der Waals surface area (Å²) in [5, 5.41) is 12.0. The number of aliphatic hydroxyl groups is 1. The molecule has 3 aromatic rings. The predicted octanol–water partition coefficient (Wildman–Crippen LogP) is 4.96. The minimum atomic E-state index is -3.24. The number of hydrogen-bond acceptors (Lipinski definition) is 5. The van der Waals surface area contributed by atoms with Crippen molar-refractivity contribution in [2.24, 2.45) is 0 Å². The van der Waals surface area contributed by atoms with Gasteiger partial charge in [-0.3, -0.25) is 4.79 Å². The van der Waals surface area contributed by atoms with Gasteiger partial charge in [0.25, 0.3) is 11.8 Å². The molecule has 1 amide bonds. The Morgan fingerprint density at radius 1 is 1.20 bits per heavy atom. The van der Waals surface area contributed by atoms with Crippen LogP contribution in [0.3, 0.4) is 0 Å². The van der Waals surface area contributed by atoms with Gasteiger partial charge in [0.1, 0.15) is 29.3 Å². The summed E-state index contributed by atoms with van der Waals surface area (Å²) in [4.78, 5) is 20.9. The molecule has 11 heteroatoms. The lowest BCUT2D eigenvalue weighted by Gasteiger charge is -2.32. The van der Waals surface area contributed by atoms with Gasteiger partial charge in [0.05, 0.1) is 17.5 Å². The van der Waals surface area contributed by atoms with E-state index in [1.807, 2.05) is 0 Å². The van der Waals surface area contributed by atoms with Gasteiger partial charge in [0.15, 0.2) is 0 Å². The second kappa shape index (κ2) is 9.90. The van der Waals surface area contributed by atoms with Crippen molar-refractivity contribution in [1.29, 1.82) is 0 Å². The number of carbonyl (C=O) groups is 1. The fourth-order valence-electron chi connectivity index (χ4n) is 4.05. The zero-order valence-corrected chi connectivity index (χ0v) is 19.8. The van der Waals surface area contributed by atoms with Crippen LogP contribution in [0.1, 0.15) is 46.8 Å². The standard InChI is InChI=1S/C24H21BrF4N4O2/c25-15-5-12(6-16(26)8-15)10-32-23(35)17-3-1-13(7-18(17)27)21-22(30)31-11-19(33-21)14-2-4-20(34)24(28,29)9-14/h1,3,5-8,11,14,20,34H,2,4,9-10H2,(H2,30,31)(H,32,35)/t14-,20-/m0/s1. The maximum absolute atomic E-state index is 14.8. The molecule has 0 saturated heterocycles. The van der Waals surface area contributed by atoms with Crippen molar-refractivity contribution in [3.05, 3.63) is 75.5 Å². The van der Waals surface area contributed by atoms with Crippen LogP contribution in [0, 0.1) is 11.6 Å². The topological polar surface area (TPSA) is 101 Å². The largest absolute Gasteiger partial charge is 0.387 e. The Bertz CT molecular complexity index is 1250. The summed E-state index contributed by atoms with van der Waals surface area (Å²) in [6.07, 6.45) is -0.758. The number of nitrogens with two attached hydrogens (primary N) is 1. The zero-order valence-electron chi connectivity index (χ0n) is 18.2. The Kier molecular flexibility index (Phi) is 7.09. The number of rotatable bonds is 5. The van der Waals surface area contributed by atoms with Crippen molar-refractivity contribution in [3.63, 3.8) is 0 Å². The Morgan fingerprint density at radius 3 is 2.66 bits per heavy atom. The van der Waals surface area contributed by atoms with E-state index in [0.717, 1.165) is 6.07 Å². The summed E-state index contributed by atoms with van der Waals surface area (Å²) in [6.45, 7) is -0.0163. The molecular formula is C24H21BrF4N4O2. The average molecular weight is 553 g/mol. The molecule has 1 aromatic heterocycles. The van der Waals surface area contributed by atoms with E-state index in [1.54, 1.807) is 6.07 Å². The summed E-state index contributed by atoms with van der Waals surface area (Å²) in [7, 11) is 0. The number of aliphatic hydroxyl groups excluding tert-OH is 1. The molecule has 1 heterocycles. The molecule has 1 fully saturated rings. The number of nitrogens with zero attached hydrogens (tertiary/aromatic N) is 2. The lowest BCUT2D eigenvalue weighted by atomic mass is 9.83. The van der Waals surface area contributed by atoms with E-state index in [0.29, 0.717) is 16.5 Å². The third kappa shape index (κ3) is 5.62. The molecule has 0 radical (unpaired) electrons. The smallest absolute Gasteiger partial charge is 0.274 e. The van der Waals surface area contributed by atoms with Gasteiger partial charge in [-0.2, -0.15) is 0 Å². The minimum absolute atomic E-state index is 0.0163. The van der Waals surface area contributed by atoms with Crippen molar-refractivity contribution in [2.45, 2.75) is 43.8 Å². The van der Waals surface area contributed by atoms with Crippen LogP contribution in [-0.2, 0) is 6.54 Å². The van der Waals surface area contributed by atoms with E-state index in [-0.39, 0.29) is 41.3 Å². The number of halogens is 5. The van der Waals surface area contributed by atoms with Crippen molar-refractivity contribution in [3.8, 4) is 11.3 Å². The van der Waals surface area contributed by atoms with Crippen LogP contribution in [0.25, 0.3) is 11.3 Å². The summed E-state index contributed by atoms with van der Waals surface area (Å²) in [5.74, 6) is -5.94. The molecule has 0 bridgehead atoms. The first-order valence-corrected chi connectivity index (χ1v) is 11.5. The van der Waals surface area contributed by atoms with Crippen LogP contribution < -0.4 is 11.1 Å². The maximum atomic E-state index is 14.8. The summed E-state index contributed by atoms with van der Waals surface area (Å²) >= 11 is 3.17. The highest BCUT2D eigenvalue weighted by molar-refractivity contribution is 9.10. The maximum Gasteiger partial charge on any atom is 0.274 e. The highest BCUT2D eigenvalue weighted by Gasteiger charge is 2.45. The third-order valence-electron chi connectivity index (χ3n) is 5.89. The van der Waals surface area contributed by atoms with Crippen LogP contribution in [0.2, 0.25) is 0 Å². The van der Waals surface area contributed by atoms with E-state index in [2.05, 4.69) is 31.2 Å². The first kappa shape index (κ1) is 25.1. The number of nitrogen functional groups attached to an aromatic ring is 1. The molecule has 0 spiro atoms. The molecule has 4 N–H and O–H groups in total. The van der Waals surface area contributed by atoms with Crippen molar-refractivity contribution in [1.82, 2.24) is 15.3 Å².